The van der Waals surface area contributed by atoms with Gasteiger partial charge in [0.15, 0.2) is 0 Å². The smallest absolute Gasteiger partial charge is 0.338 e. The number of fused-ring (bicyclic) bond motifs is 2. The highest BCUT2D eigenvalue weighted by Gasteiger charge is 2.91. The highest BCUT2D eigenvalue weighted by molar-refractivity contribution is 5.89. The van der Waals surface area contributed by atoms with E-state index < -0.39 is 76.5 Å². The molecule has 5 aliphatic carbocycles. The molecule has 12 nitrogen and oxygen atoms in total. The molecule has 1 saturated heterocycles. The molecule has 2 N–H and O–H groups in total. The zero-order valence-electron chi connectivity index (χ0n) is 29.0. The lowest BCUT2D eigenvalue weighted by Crippen LogP contribution is -2.81. The normalized spacial score (nSPS) is 48.3. The van der Waals surface area contributed by atoms with E-state index in [1.54, 1.807) is 45.6 Å². The molecule has 48 heavy (non-hydrogen) atoms. The van der Waals surface area contributed by atoms with Gasteiger partial charge in [0, 0.05) is 89.6 Å². The molecule has 12 heteroatoms. The summed E-state index contributed by atoms with van der Waals surface area (Å²) in [6.07, 6.45) is -4.37. The number of hydrogen-bond donors (Lipinski definition) is 2. The molecule has 1 aromatic carbocycles. The lowest BCUT2D eigenvalue weighted by atomic mass is 9.42. The molecule has 7 rings (SSSR count). The molecule has 1 spiro atoms. The molecular formula is C36H51NO11. The third-order valence-corrected chi connectivity index (χ3v) is 13.5. The van der Waals surface area contributed by atoms with Crippen LogP contribution in [0.1, 0.15) is 44.0 Å². The molecule has 1 aliphatic heterocycles. The first-order valence-corrected chi connectivity index (χ1v) is 17.3. The first kappa shape index (κ1) is 34.3. The van der Waals surface area contributed by atoms with Crippen LogP contribution in [-0.2, 0) is 38.0 Å². The molecule has 0 amide bonds. The van der Waals surface area contributed by atoms with Crippen LogP contribution in [0.4, 0.5) is 0 Å². The van der Waals surface area contributed by atoms with Gasteiger partial charge in [0.2, 0.25) is 0 Å². The molecule has 6 aliphatic rings. The van der Waals surface area contributed by atoms with Crippen molar-refractivity contribution in [3.63, 3.8) is 0 Å². The van der Waals surface area contributed by atoms with E-state index in [-0.39, 0.29) is 36.9 Å². The van der Waals surface area contributed by atoms with Crippen molar-refractivity contribution in [1.82, 2.24) is 4.90 Å². The minimum Gasteiger partial charge on any atom is -0.462 e. The maximum atomic E-state index is 13.8. The van der Waals surface area contributed by atoms with Gasteiger partial charge in [0.25, 0.3) is 0 Å². The number of carbonyl (C=O) groups excluding carboxylic acids is 2. The van der Waals surface area contributed by atoms with Crippen LogP contribution in [0.25, 0.3) is 0 Å². The van der Waals surface area contributed by atoms with Crippen molar-refractivity contribution in [1.29, 1.82) is 0 Å². The Morgan fingerprint density at radius 3 is 2.27 bits per heavy atom. The van der Waals surface area contributed by atoms with E-state index in [1.807, 2.05) is 13.0 Å². The van der Waals surface area contributed by atoms with Crippen molar-refractivity contribution in [3.05, 3.63) is 35.9 Å². The van der Waals surface area contributed by atoms with Gasteiger partial charge in [-0.25, -0.2) is 4.79 Å². The molecule has 1 heterocycles. The number of aliphatic hydroxyl groups excluding tert-OH is 1. The van der Waals surface area contributed by atoms with Gasteiger partial charge in [-0.15, -0.1) is 0 Å². The van der Waals surface area contributed by atoms with Gasteiger partial charge in [-0.3, -0.25) is 9.69 Å². The van der Waals surface area contributed by atoms with E-state index >= 15 is 0 Å². The van der Waals surface area contributed by atoms with Gasteiger partial charge in [-0.05, 0) is 37.9 Å². The summed E-state index contributed by atoms with van der Waals surface area (Å²) in [5.74, 6) is -2.72. The average molecular weight is 674 g/mol. The minimum absolute atomic E-state index is 0.170. The highest BCUT2D eigenvalue weighted by atomic mass is 16.6. The second-order valence-corrected chi connectivity index (χ2v) is 14.8. The number of nitrogens with zero attached hydrogens (tertiary/aromatic N) is 1. The average Bonchev–Trinajstić information content (AvgIpc) is 3.44. The van der Waals surface area contributed by atoms with Crippen molar-refractivity contribution >= 4 is 11.9 Å². The third kappa shape index (κ3) is 4.00. The lowest BCUT2D eigenvalue weighted by molar-refractivity contribution is -0.330. The number of hydrogen-bond acceptors (Lipinski definition) is 12. The zero-order valence-corrected chi connectivity index (χ0v) is 29.0. The number of piperidine rings is 1. The molecule has 7 bridgehead atoms. The fourth-order valence-electron chi connectivity index (χ4n) is 12.7. The van der Waals surface area contributed by atoms with Gasteiger partial charge < -0.3 is 43.4 Å². The molecule has 6 fully saturated rings. The summed E-state index contributed by atoms with van der Waals surface area (Å²) >= 11 is 0. The lowest BCUT2D eigenvalue weighted by Gasteiger charge is -2.70. The van der Waals surface area contributed by atoms with Crippen LogP contribution in [-0.4, -0.2) is 136 Å². The first-order chi connectivity index (χ1) is 23.0. The van der Waals surface area contributed by atoms with Crippen LogP contribution >= 0.6 is 0 Å². The summed E-state index contributed by atoms with van der Waals surface area (Å²) in [5, 5.41) is 25.5. The summed E-state index contributed by atoms with van der Waals surface area (Å²) in [5.41, 5.74) is -4.14. The first-order valence-electron chi connectivity index (χ1n) is 17.3. The summed E-state index contributed by atoms with van der Waals surface area (Å²) in [7, 11) is 6.51. The number of esters is 2. The molecule has 0 unspecified atom stereocenters. The maximum absolute atomic E-state index is 13.8. The molecular weight excluding hydrogens is 622 g/mol. The zero-order chi connectivity index (χ0) is 34.4. The fraction of sp³-hybridized carbons (Fsp3) is 0.778. The Labute approximate surface area is 282 Å². The van der Waals surface area contributed by atoms with Gasteiger partial charge in [-0.2, -0.15) is 0 Å². The quantitative estimate of drug-likeness (QED) is 0.330. The Kier molecular flexibility index (Phi) is 8.55. The van der Waals surface area contributed by atoms with E-state index in [4.69, 9.17) is 33.2 Å². The SMILES string of the molecule is CCO[C@]12[C@H]3[C@@H](OC(=O)c4ccccc4)[C@](O)(C[C@H]3[C@@]34[C@@H](OC)C[C@@H](OC(C)=O)[C@@]5(COC)CN(CC)[C@@H]3[C@@H]1[C@H](OC)[C@H]54)[C@@H](OC)[C@@H]2O. The van der Waals surface area contributed by atoms with Crippen molar-refractivity contribution in [3.8, 4) is 0 Å². The van der Waals surface area contributed by atoms with Crippen LogP contribution in [0, 0.1) is 34.5 Å². The van der Waals surface area contributed by atoms with Gasteiger partial charge in [0.05, 0.1) is 24.4 Å². The monoisotopic (exact) mass is 673 g/mol. The van der Waals surface area contributed by atoms with E-state index in [0.29, 0.717) is 31.7 Å². The van der Waals surface area contributed by atoms with E-state index in [0.717, 1.165) is 0 Å². The Bertz CT molecular complexity index is 1400. The predicted molar refractivity (Wildman–Crippen MR) is 170 cm³/mol. The summed E-state index contributed by atoms with van der Waals surface area (Å²) < 4.78 is 44.7. The summed E-state index contributed by atoms with van der Waals surface area (Å²) in [6.45, 7) is 7.20. The number of likely N-dealkylation sites (tertiary alicyclic amines) is 1. The minimum atomic E-state index is -1.74. The van der Waals surface area contributed by atoms with Crippen LogP contribution in [0.15, 0.2) is 30.3 Å². The predicted octanol–water partition coefficient (Wildman–Crippen LogP) is 1.69. The van der Waals surface area contributed by atoms with E-state index in [1.165, 1.54) is 14.0 Å². The number of aliphatic hydroxyl groups is 2. The Balaban J connectivity index is 1.51. The van der Waals surface area contributed by atoms with Gasteiger partial charge in [0.1, 0.15) is 35.6 Å². The fourth-order valence-corrected chi connectivity index (χ4v) is 12.7. The van der Waals surface area contributed by atoms with Gasteiger partial charge >= 0.3 is 11.9 Å². The van der Waals surface area contributed by atoms with Crippen molar-refractivity contribution in [2.75, 3.05) is 54.7 Å². The van der Waals surface area contributed by atoms with E-state index in [2.05, 4.69) is 11.8 Å². The van der Waals surface area contributed by atoms with Crippen LogP contribution in [0.5, 0.6) is 0 Å². The summed E-state index contributed by atoms with van der Waals surface area (Å²) in [4.78, 5) is 28.9. The van der Waals surface area contributed by atoms with Crippen molar-refractivity contribution in [2.45, 2.75) is 87.5 Å². The molecule has 15 atom stereocenters. The highest BCUT2D eigenvalue weighted by Crippen LogP contribution is 2.80. The topological polar surface area (TPSA) is 142 Å². The molecule has 266 valence electrons. The standard InChI is InChI=1S/C36H51NO11/c1-8-37-17-33(18-42-4)22(47-19(3)38)15-23(43-5)35-21-16-34(41)30(48-32(40)20-13-11-10-12-14-20)24(21)36(46-9-2,29(39)31(34)45-7)25(28(35)37)26(44-6)27(33)35/h10-14,21-31,39,41H,8-9,15-18H2,1-7H3/t21-,22-,23+,24-,25+,26+,27-,28-,29+,30-,31+,33+,34-,35+,36-/m1/s1. The Morgan fingerprint density at radius 2 is 1.69 bits per heavy atom. The largest absolute Gasteiger partial charge is 0.462 e. The second kappa shape index (κ2) is 12.0. The van der Waals surface area contributed by atoms with E-state index in [9.17, 15) is 19.8 Å². The van der Waals surface area contributed by atoms with Crippen LogP contribution in [0.3, 0.4) is 0 Å². The second-order valence-electron chi connectivity index (χ2n) is 14.8. The maximum Gasteiger partial charge on any atom is 0.338 e. The summed E-state index contributed by atoms with van der Waals surface area (Å²) in [6, 6.07) is 8.51. The van der Waals surface area contributed by atoms with Crippen molar-refractivity contribution in [2.24, 2.45) is 34.5 Å². The number of rotatable bonds is 11. The molecule has 0 aromatic heterocycles. The number of ether oxygens (including phenoxy) is 7. The van der Waals surface area contributed by atoms with Gasteiger partial charge in [-0.1, -0.05) is 25.1 Å². The molecule has 1 aromatic rings. The van der Waals surface area contributed by atoms with Crippen molar-refractivity contribution < 1.29 is 53.0 Å². The Hall–Kier alpha value is -2.16. The third-order valence-electron chi connectivity index (χ3n) is 13.5. The van der Waals surface area contributed by atoms with Crippen LogP contribution in [0.2, 0.25) is 0 Å². The number of methoxy groups -OCH3 is 4. The Morgan fingerprint density at radius 1 is 0.958 bits per heavy atom. The molecule has 0 radical (unpaired) electrons. The number of benzene rings is 1. The number of carbonyl (C=O) groups is 2. The molecule has 5 saturated carbocycles. The van der Waals surface area contributed by atoms with Crippen LogP contribution < -0.4 is 0 Å².